The third-order valence-corrected chi connectivity index (χ3v) is 3.33. The van der Waals surface area contributed by atoms with Gasteiger partial charge in [-0.1, -0.05) is 19.1 Å². The Kier molecular flexibility index (Phi) is 3.57. The Hall–Kier alpha value is -1.55. The van der Waals surface area contributed by atoms with Crippen molar-refractivity contribution in [3.05, 3.63) is 29.8 Å². The van der Waals surface area contributed by atoms with Gasteiger partial charge in [0, 0.05) is 0 Å². The molecule has 98 valence electrons. The standard InChI is InChI=1S/C14H19NO3/c1-3-14(17)9-15(10-14)13(16)8-18-12-6-4-5-11(2)7-12/h4-7,17H,3,8-10H2,1-2H3. The van der Waals surface area contributed by atoms with Crippen LogP contribution in [0.5, 0.6) is 5.75 Å². The summed E-state index contributed by atoms with van der Waals surface area (Å²) < 4.78 is 5.43. The molecule has 1 aliphatic rings. The summed E-state index contributed by atoms with van der Waals surface area (Å²) in [6.07, 6.45) is 0.676. The molecule has 0 saturated carbocycles. The first-order valence-electron chi connectivity index (χ1n) is 6.22. The lowest BCUT2D eigenvalue weighted by atomic mass is 9.91. The largest absolute Gasteiger partial charge is 0.484 e. The van der Waals surface area contributed by atoms with Gasteiger partial charge in [0.15, 0.2) is 6.61 Å². The Morgan fingerprint density at radius 3 is 2.83 bits per heavy atom. The first-order valence-corrected chi connectivity index (χ1v) is 6.22. The molecule has 1 saturated heterocycles. The van der Waals surface area contributed by atoms with Crippen LogP contribution in [0.1, 0.15) is 18.9 Å². The van der Waals surface area contributed by atoms with Crippen molar-refractivity contribution < 1.29 is 14.6 Å². The van der Waals surface area contributed by atoms with Crippen molar-refractivity contribution in [3.8, 4) is 5.75 Å². The Labute approximate surface area is 107 Å². The zero-order valence-corrected chi connectivity index (χ0v) is 10.8. The molecule has 1 aromatic rings. The molecule has 1 heterocycles. The van der Waals surface area contributed by atoms with E-state index in [4.69, 9.17) is 4.74 Å². The van der Waals surface area contributed by atoms with Gasteiger partial charge in [-0.3, -0.25) is 4.79 Å². The minimum absolute atomic E-state index is 0.0310. The number of β-amino-alcohol motifs (C(OH)–C–C–N with tert-alkyl or cyclic N) is 1. The normalized spacial score (nSPS) is 17.2. The van der Waals surface area contributed by atoms with Crippen LogP contribution in [0.3, 0.4) is 0 Å². The number of aryl methyl sites for hydroxylation is 1. The van der Waals surface area contributed by atoms with E-state index < -0.39 is 5.60 Å². The zero-order chi connectivity index (χ0) is 13.2. The van der Waals surface area contributed by atoms with Crippen LogP contribution in [0.15, 0.2) is 24.3 Å². The zero-order valence-electron chi connectivity index (χ0n) is 10.8. The fourth-order valence-electron chi connectivity index (χ4n) is 2.01. The topological polar surface area (TPSA) is 49.8 Å². The molecule has 0 atom stereocenters. The number of hydrogen-bond donors (Lipinski definition) is 1. The van der Waals surface area contributed by atoms with Crippen LogP contribution >= 0.6 is 0 Å². The summed E-state index contributed by atoms with van der Waals surface area (Å²) >= 11 is 0. The number of ether oxygens (including phenoxy) is 1. The van der Waals surface area contributed by atoms with Gasteiger partial charge >= 0.3 is 0 Å². The number of nitrogens with zero attached hydrogens (tertiary/aromatic N) is 1. The van der Waals surface area contributed by atoms with Gasteiger partial charge in [-0.2, -0.15) is 0 Å². The van der Waals surface area contributed by atoms with E-state index in [1.807, 2.05) is 38.1 Å². The smallest absolute Gasteiger partial charge is 0.260 e. The molecule has 1 N–H and O–H groups in total. The fraction of sp³-hybridized carbons (Fsp3) is 0.500. The van der Waals surface area contributed by atoms with Crippen molar-refractivity contribution in [2.75, 3.05) is 19.7 Å². The average Bonchev–Trinajstić information content (AvgIpc) is 2.32. The lowest BCUT2D eigenvalue weighted by Crippen LogP contribution is -2.63. The summed E-state index contributed by atoms with van der Waals surface area (Å²) in [6, 6.07) is 7.60. The molecule has 2 rings (SSSR count). The third kappa shape index (κ3) is 2.82. The lowest BCUT2D eigenvalue weighted by molar-refractivity contribution is -0.157. The quantitative estimate of drug-likeness (QED) is 0.876. The Balaban J connectivity index is 1.80. The van der Waals surface area contributed by atoms with Gasteiger partial charge in [-0.25, -0.2) is 0 Å². The van der Waals surface area contributed by atoms with E-state index in [-0.39, 0.29) is 12.5 Å². The van der Waals surface area contributed by atoms with Crippen LogP contribution < -0.4 is 4.74 Å². The molecular weight excluding hydrogens is 230 g/mol. The summed E-state index contributed by atoms with van der Waals surface area (Å²) in [5.74, 6) is 0.629. The molecule has 1 amide bonds. The number of rotatable bonds is 4. The molecular formula is C14H19NO3. The Morgan fingerprint density at radius 1 is 1.50 bits per heavy atom. The minimum atomic E-state index is -0.682. The SMILES string of the molecule is CCC1(O)CN(C(=O)COc2cccc(C)c2)C1. The first-order chi connectivity index (χ1) is 8.52. The number of hydrogen-bond acceptors (Lipinski definition) is 3. The molecule has 18 heavy (non-hydrogen) atoms. The highest BCUT2D eigenvalue weighted by molar-refractivity contribution is 5.79. The summed E-state index contributed by atoms with van der Waals surface area (Å²) in [6.45, 7) is 4.76. The summed E-state index contributed by atoms with van der Waals surface area (Å²) in [5, 5.41) is 9.82. The summed E-state index contributed by atoms with van der Waals surface area (Å²) in [7, 11) is 0. The van der Waals surface area contributed by atoms with Crippen LogP contribution in [-0.2, 0) is 4.79 Å². The van der Waals surface area contributed by atoms with E-state index in [0.29, 0.717) is 25.3 Å². The first kappa shape index (κ1) is 12.9. The van der Waals surface area contributed by atoms with E-state index in [9.17, 15) is 9.90 Å². The van der Waals surface area contributed by atoms with E-state index in [2.05, 4.69) is 0 Å². The van der Waals surface area contributed by atoms with Gasteiger partial charge < -0.3 is 14.7 Å². The number of benzene rings is 1. The van der Waals surface area contributed by atoms with Gasteiger partial charge in [0.25, 0.3) is 5.91 Å². The Bertz CT molecular complexity index is 438. The van der Waals surface area contributed by atoms with Gasteiger partial charge in [0.1, 0.15) is 5.75 Å². The molecule has 0 unspecified atom stereocenters. The van der Waals surface area contributed by atoms with Crippen LogP contribution in [-0.4, -0.2) is 41.2 Å². The maximum atomic E-state index is 11.8. The van der Waals surface area contributed by atoms with Crippen LogP contribution in [0.2, 0.25) is 0 Å². The van der Waals surface area contributed by atoms with Crippen LogP contribution in [0, 0.1) is 6.92 Å². The van der Waals surface area contributed by atoms with Crippen molar-refractivity contribution in [1.29, 1.82) is 0 Å². The molecule has 1 fully saturated rings. The van der Waals surface area contributed by atoms with Crippen molar-refractivity contribution >= 4 is 5.91 Å². The predicted molar refractivity (Wildman–Crippen MR) is 68.5 cm³/mol. The molecule has 4 nitrogen and oxygen atoms in total. The maximum Gasteiger partial charge on any atom is 0.260 e. The summed E-state index contributed by atoms with van der Waals surface area (Å²) in [5.41, 5.74) is 0.420. The van der Waals surface area contributed by atoms with E-state index in [1.54, 1.807) is 4.90 Å². The molecule has 0 radical (unpaired) electrons. The second kappa shape index (κ2) is 4.98. The molecule has 1 aromatic carbocycles. The summed E-state index contributed by atoms with van der Waals surface area (Å²) in [4.78, 5) is 13.4. The number of carbonyl (C=O) groups is 1. The van der Waals surface area contributed by atoms with E-state index >= 15 is 0 Å². The number of aliphatic hydroxyl groups is 1. The Morgan fingerprint density at radius 2 is 2.22 bits per heavy atom. The van der Waals surface area contributed by atoms with Crippen molar-refractivity contribution in [2.45, 2.75) is 25.9 Å². The van der Waals surface area contributed by atoms with Crippen molar-refractivity contribution in [3.63, 3.8) is 0 Å². The van der Waals surface area contributed by atoms with Crippen molar-refractivity contribution in [2.24, 2.45) is 0 Å². The minimum Gasteiger partial charge on any atom is -0.484 e. The monoisotopic (exact) mass is 249 g/mol. The number of carbonyl (C=O) groups excluding carboxylic acids is 1. The molecule has 0 spiro atoms. The highest BCUT2D eigenvalue weighted by Crippen LogP contribution is 2.24. The van der Waals surface area contributed by atoms with Crippen LogP contribution in [0.4, 0.5) is 0 Å². The predicted octanol–water partition coefficient (Wildman–Crippen LogP) is 1.36. The highest BCUT2D eigenvalue weighted by atomic mass is 16.5. The van der Waals surface area contributed by atoms with Gasteiger partial charge in [-0.15, -0.1) is 0 Å². The highest BCUT2D eigenvalue weighted by Gasteiger charge is 2.41. The molecule has 0 aromatic heterocycles. The van der Waals surface area contributed by atoms with Gasteiger partial charge in [-0.05, 0) is 31.0 Å². The van der Waals surface area contributed by atoms with Gasteiger partial charge in [0.2, 0.25) is 0 Å². The second-order valence-corrected chi connectivity index (χ2v) is 4.93. The van der Waals surface area contributed by atoms with Crippen LogP contribution in [0.25, 0.3) is 0 Å². The molecule has 0 aliphatic carbocycles. The maximum absolute atomic E-state index is 11.8. The average molecular weight is 249 g/mol. The lowest BCUT2D eigenvalue weighted by Gasteiger charge is -2.45. The number of amides is 1. The van der Waals surface area contributed by atoms with Gasteiger partial charge in [0.05, 0.1) is 18.7 Å². The fourth-order valence-corrected chi connectivity index (χ4v) is 2.01. The second-order valence-electron chi connectivity index (χ2n) is 4.93. The molecule has 0 bridgehead atoms. The third-order valence-electron chi connectivity index (χ3n) is 3.33. The molecule has 1 aliphatic heterocycles. The number of likely N-dealkylation sites (tertiary alicyclic amines) is 1. The van der Waals surface area contributed by atoms with E-state index in [0.717, 1.165) is 5.56 Å². The van der Waals surface area contributed by atoms with Crippen molar-refractivity contribution in [1.82, 2.24) is 4.90 Å². The molecule has 4 heteroatoms. The van der Waals surface area contributed by atoms with E-state index in [1.165, 1.54) is 0 Å².